The van der Waals surface area contributed by atoms with Gasteiger partial charge in [0.25, 0.3) is 5.91 Å². The van der Waals surface area contributed by atoms with E-state index in [9.17, 15) is 22.4 Å². The number of carbonyl (C=O) groups is 1. The van der Waals surface area contributed by atoms with Crippen LogP contribution in [0.4, 0.5) is 23.2 Å². The minimum Gasteiger partial charge on any atom is -0.321 e. The number of hydrogen-bond donors (Lipinski definition) is 0. The Morgan fingerprint density at radius 3 is 2.62 bits per heavy atom. The van der Waals surface area contributed by atoms with E-state index in [1.807, 2.05) is 0 Å². The molecule has 3 aromatic rings. The molecule has 1 aromatic heterocycles. The highest BCUT2D eigenvalue weighted by atomic mass is 19.4. The first-order valence-corrected chi connectivity index (χ1v) is 8.83. The van der Waals surface area contributed by atoms with Gasteiger partial charge in [-0.05, 0) is 35.4 Å². The van der Waals surface area contributed by atoms with E-state index >= 15 is 0 Å². The van der Waals surface area contributed by atoms with Crippen molar-refractivity contribution in [2.45, 2.75) is 25.3 Å². The molecule has 1 atom stereocenters. The zero-order valence-corrected chi connectivity index (χ0v) is 15.3. The Labute approximate surface area is 163 Å². The molecule has 150 valence electrons. The lowest BCUT2D eigenvalue weighted by Crippen LogP contribution is -2.23. The second kappa shape index (κ2) is 6.98. The summed E-state index contributed by atoms with van der Waals surface area (Å²) in [4.78, 5) is 13.9. The standard InChI is InChI=1S/C20H16F4N4O/c1-27-11-25-26-18(27)9-17(21)12-4-2-5-13(8-12)28-10-15-14(19(28)29)6-3-7-16(15)20(22,23)24/h2-8,11,17H,9-10H2,1H3. The molecule has 1 aliphatic heterocycles. The molecule has 0 fully saturated rings. The van der Waals surface area contributed by atoms with Crippen LogP contribution in [-0.2, 0) is 26.2 Å². The Bertz CT molecular complexity index is 1080. The third-order valence-corrected chi connectivity index (χ3v) is 4.98. The highest BCUT2D eigenvalue weighted by Crippen LogP contribution is 2.39. The van der Waals surface area contributed by atoms with Gasteiger partial charge in [0.05, 0.1) is 12.1 Å². The summed E-state index contributed by atoms with van der Waals surface area (Å²) in [5.41, 5.74) is -0.220. The van der Waals surface area contributed by atoms with Gasteiger partial charge in [-0.3, -0.25) is 4.79 Å². The lowest BCUT2D eigenvalue weighted by Gasteiger charge is -2.18. The fourth-order valence-corrected chi connectivity index (χ4v) is 3.46. The molecule has 9 heteroatoms. The van der Waals surface area contributed by atoms with E-state index in [2.05, 4.69) is 10.2 Å². The minimum absolute atomic E-state index is 0.00759. The van der Waals surface area contributed by atoms with Crippen molar-refractivity contribution in [2.75, 3.05) is 4.90 Å². The number of aromatic nitrogens is 3. The van der Waals surface area contributed by atoms with Gasteiger partial charge in [-0.25, -0.2) is 4.39 Å². The van der Waals surface area contributed by atoms with Crippen LogP contribution in [0.2, 0.25) is 0 Å². The van der Waals surface area contributed by atoms with Crippen molar-refractivity contribution in [3.05, 3.63) is 76.9 Å². The van der Waals surface area contributed by atoms with Crippen LogP contribution in [0.15, 0.2) is 48.8 Å². The van der Waals surface area contributed by atoms with Gasteiger partial charge < -0.3 is 9.47 Å². The number of anilines is 1. The summed E-state index contributed by atoms with van der Waals surface area (Å²) in [6.45, 7) is -0.215. The highest BCUT2D eigenvalue weighted by molar-refractivity contribution is 6.10. The SMILES string of the molecule is Cn1cnnc1CC(F)c1cccc(N2Cc3c(cccc3C(F)(F)F)C2=O)c1. The van der Waals surface area contributed by atoms with Crippen LogP contribution in [0.3, 0.4) is 0 Å². The molecule has 1 amide bonds. The van der Waals surface area contributed by atoms with Gasteiger partial charge in [-0.2, -0.15) is 13.2 Å². The molecule has 2 aromatic carbocycles. The van der Waals surface area contributed by atoms with Crippen molar-refractivity contribution < 1.29 is 22.4 Å². The maximum atomic E-state index is 14.8. The summed E-state index contributed by atoms with van der Waals surface area (Å²) >= 11 is 0. The number of rotatable bonds is 4. The number of carbonyl (C=O) groups excluding carboxylic acids is 1. The lowest BCUT2D eigenvalue weighted by atomic mass is 10.0. The number of amides is 1. The molecule has 5 nitrogen and oxygen atoms in total. The van der Waals surface area contributed by atoms with Crippen LogP contribution in [0.1, 0.15) is 39.0 Å². The van der Waals surface area contributed by atoms with E-state index in [4.69, 9.17) is 0 Å². The third kappa shape index (κ3) is 3.48. The molecule has 0 saturated heterocycles. The van der Waals surface area contributed by atoms with Gasteiger partial charge in [0.1, 0.15) is 18.3 Å². The quantitative estimate of drug-likeness (QED) is 0.611. The van der Waals surface area contributed by atoms with E-state index in [0.717, 1.165) is 6.07 Å². The van der Waals surface area contributed by atoms with E-state index in [0.29, 0.717) is 17.1 Å². The van der Waals surface area contributed by atoms with Crippen molar-refractivity contribution in [3.63, 3.8) is 0 Å². The van der Waals surface area contributed by atoms with Crippen LogP contribution in [0, 0.1) is 0 Å². The van der Waals surface area contributed by atoms with E-state index in [1.54, 1.807) is 29.8 Å². The summed E-state index contributed by atoms with van der Waals surface area (Å²) in [6, 6.07) is 9.77. The van der Waals surface area contributed by atoms with Crippen molar-refractivity contribution in [2.24, 2.45) is 7.05 Å². The van der Waals surface area contributed by atoms with Gasteiger partial charge in [-0.1, -0.05) is 18.2 Å². The molecular formula is C20H16F4N4O. The predicted octanol–water partition coefficient (Wildman–Crippen LogP) is 4.25. The Balaban J connectivity index is 1.62. The first kappa shape index (κ1) is 19.1. The van der Waals surface area contributed by atoms with Crippen LogP contribution in [0.25, 0.3) is 0 Å². The number of nitrogens with zero attached hydrogens (tertiary/aromatic N) is 4. The summed E-state index contributed by atoms with van der Waals surface area (Å²) in [5.74, 6) is -0.0747. The summed E-state index contributed by atoms with van der Waals surface area (Å²) in [7, 11) is 1.71. The van der Waals surface area contributed by atoms with Gasteiger partial charge in [0, 0.05) is 24.7 Å². The monoisotopic (exact) mass is 404 g/mol. The highest BCUT2D eigenvalue weighted by Gasteiger charge is 2.39. The van der Waals surface area contributed by atoms with Crippen LogP contribution < -0.4 is 4.90 Å². The van der Waals surface area contributed by atoms with E-state index in [-0.39, 0.29) is 24.1 Å². The summed E-state index contributed by atoms with van der Waals surface area (Å²) in [5, 5.41) is 7.57. The number of hydrogen-bond acceptors (Lipinski definition) is 3. The molecule has 0 radical (unpaired) electrons. The number of fused-ring (bicyclic) bond motifs is 1. The topological polar surface area (TPSA) is 51.0 Å². The van der Waals surface area contributed by atoms with Crippen LogP contribution in [0.5, 0.6) is 0 Å². The van der Waals surface area contributed by atoms with Crippen LogP contribution in [-0.4, -0.2) is 20.7 Å². The second-order valence-corrected chi connectivity index (χ2v) is 6.85. The zero-order chi connectivity index (χ0) is 20.8. The minimum atomic E-state index is -4.55. The van der Waals surface area contributed by atoms with Gasteiger partial charge in [0.15, 0.2) is 0 Å². The molecule has 0 saturated carbocycles. The van der Waals surface area contributed by atoms with Gasteiger partial charge in [-0.15, -0.1) is 10.2 Å². The second-order valence-electron chi connectivity index (χ2n) is 6.85. The number of benzene rings is 2. The van der Waals surface area contributed by atoms with Crippen molar-refractivity contribution >= 4 is 11.6 Å². The van der Waals surface area contributed by atoms with Crippen LogP contribution >= 0.6 is 0 Å². The fraction of sp³-hybridized carbons (Fsp3) is 0.250. The van der Waals surface area contributed by atoms with E-state index < -0.39 is 23.8 Å². The fourth-order valence-electron chi connectivity index (χ4n) is 3.46. The van der Waals surface area contributed by atoms with Crippen molar-refractivity contribution in [1.29, 1.82) is 0 Å². The molecule has 0 N–H and O–H groups in total. The maximum Gasteiger partial charge on any atom is 0.416 e. The molecular weight excluding hydrogens is 388 g/mol. The summed E-state index contributed by atoms with van der Waals surface area (Å²) in [6.07, 6.45) is -4.49. The Morgan fingerprint density at radius 2 is 1.93 bits per heavy atom. The smallest absolute Gasteiger partial charge is 0.321 e. The average molecular weight is 404 g/mol. The Morgan fingerprint density at radius 1 is 1.17 bits per heavy atom. The first-order chi connectivity index (χ1) is 13.8. The largest absolute Gasteiger partial charge is 0.416 e. The van der Waals surface area contributed by atoms with E-state index in [1.165, 1.54) is 29.4 Å². The van der Waals surface area contributed by atoms with Crippen molar-refractivity contribution in [1.82, 2.24) is 14.8 Å². The molecule has 1 unspecified atom stereocenters. The predicted molar refractivity (Wildman–Crippen MR) is 97.0 cm³/mol. The van der Waals surface area contributed by atoms with Gasteiger partial charge >= 0.3 is 6.18 Å². The van der Waals surface area contributed by atoms with Crippen molar-refractivity contribution in [3.8, 4) is 0 Å². The zero-order valence-electron chi connectivity index (χ0n) is 15.3. The molecule has 29 heavy (non-hydrogen) atoms. The number of halogens is 4. The molecule has 4 rings (SSSR count). The molecule has 0 bridgehead atoms. The summed E-state index contributed by atoms with van der Waals surface area (Å²) < 4.78 is 56.3. The first-order valence-electron chi connectivity index (χ1n) is 8.83. The maximum absolute atomic E-state index is 14.8. The number of alkyl halides is 4. The normalized spacial score (nSPS) is 14.9. The molecule has 0 spiro atoms. The third-order valence-electron chi connectivity index (χ3n) is 4.98. The molecule has 2 heterocycles. The van der Waals surface area contributed by atoms with Gasteiger partial charge in [0.2, 0.25) is 0 Å². The molecule has 1 aliphatic rings. The number of aryl methyl sites for hydroxylation is 1. The average Bonchev–Trinajstić information content (AvgIpc) is 3.24. The molecule has 0 aliphatic carbocycles. The Hall–Kier alpha value is -3.23. The lowest BCUT2D eigenvalue weighted by molar-refractivity contribution is -0.138. The Kier molecular flexibility index (Phi) is 4.60.